The number of esters is 2. The summed E-state index contributed by atoms with van der Waals surface area (Å²) in [6.07, 6.45) is -3.05. The molecular weight excluding hydrogens is 487 g/mol. The first-order valence-electron chi connectivity index (χ1n) is 10.6. The Morgan fingerprint density at radius 3 is 2.14 bits per heavy atom. The molecule has 0 spiro atoms. The number of ether oxygens (including phenoxy) is 2. The normalized spacial score (nSPS) is 15.5. The van der Waals surface area contributed by atoms with Gasteiger partial charge in [-0.3, -0.25) is 9.59 Å². The van der Waals surface area contributed by atoms with Gasteiger partial charge >= 0.3 is 18.1 Å². The molecule has 0 saturated heterocycles. The third-order valence-electron chi connectivity index (χ3n) is 6.55. The quantitative estimate of drug-likeness (QED) is 0.390. The number of carbonyl (C=O) groups excluding carboxylic acids is 2. The van der Waals surface area contributed by atoms with Crippen LogP contribution in [0.25, 0.3) is 10.9 Å². The van der Waals surface area contributed by atoms with Crippen LogP contribution in [0, 0.1) is 12.3 Å². The summed E-state index contributed by atoms with van der Waals surface area (Å²) in [5.41, 5.74) is -0.320. The van der Waals surface area contributed by atoms with Crippen molar-refractivity contribution in [3.8, 4) is 0 Å². The second kappa shape index (κ2) is 8.40. The molecule has 1 aliphatic rings. The molecule has 0 radical (unpaired) electrons. The first-order chi connectivity index (χ1) is 16.4. The molecule has 0 N–H and O–H groups in total. The Balaban J connectivity index is 1.89. The van der Waals surface area contributed by atoms with E-state index >= 15 is 0 Å². The van der Waals surface area contributed by atoms with Crippen molar-refractivity contribution in [2.75, 3.05) is 14.2 Å². The highest BCUT2D eigenvalue weighted by Crippen LogP contribution is 2.42. The van der Waals surface area contributed by atoms with Gasteiger partial charge < -0.3 is 9.47 Å². The van der Waals surface area contributed by atoms with Gasteiger partial charge in [-0.15, -0.1) is 0 Å². The molecule has 3 aromatic rings. The maximum atomic E-state index is 13.4. The van der Waals surface area contributed by atoms with E-state index in [1.807, 2.05) is 0 Å². The first kappa shape index (κ1) is 24.8. The van der Waals surface area contributed by atoms with E-state index in [-0.39, 0.29) is 24.2 Å². The average Bonchev–Trinajstić information content (AvgIpc) is 3.11. The Hall–Kier alpha value is -3.34. The van der Waals surface area contributed by atoms with E-state index in [0.717, 1.165) is 33.8 Å². The summed E-state index contributed by atoms with van der Waals surface area (Å²) in [7, 11) is -1.87. The van der Waals surface area contributed by atoms with Gasteiger partial charge in [-0.25, -0.2) is 12.4 Å². The van der Waals surface area contributed by atoms with Crippen LogP contribution in [-0.4, -0.2) is 38.5 Å². The van der Waals surface area contributed by atoms with Crippen LogP contribution in [0.4, 0.5) is 13.2 Å². The Morgan fingerprint density at radius 2 is 1.60 bits per heavy atom. The molecule has 1 aromatic heterocycles. The lowest BCUT2D eigenvalue weighted by Crippen LogP contribution is -2.43. The molecule has 0 atom stereocenters. The second-order valence-electron chi connectivity index (χ2n) is 8.47. The number of rotatable bonds is 4. The molecule has 11 heteroatoms. The molecule has 0 amide bonds. The number of nitrogens with zero attached hydrogens (tertiary/aromatic N) is 1. The van der Waals surface area contributed by atoms with Crippen molar-refractivity contribution in [3.63, 3.8) is 0 Å². The zero-order valence-corrected chi connectivity index (χ0v) is 19.9. The second-order valence-corrected chi connectivity index (χ2v) is 10.3. The van der Waals surface area contributed by atoms with Gasteiger partial charge in [-0.2, -0.15) is 13.2 Å². The Bertz CT molecular complexity index is 1420. The Morgan fingerprint density at radius 1 is 1.00 bits per heavy atom. The summed E-state index contributed by atoms with van der Waals surface area (Å²) in [4.78, 5) is 25.2. The highest BCUT2D eigenvalue weighted by atomic mass is 32.2. The van der Waals surface area contributed by atoms with Gasteiger partial charge in [0.05, 0.1) is 30.2 Å². The Kier molecular flexibility index (Phi) is 5.95. The van der Waals surface area contributed by atoms with Gasteiger partial charge in [-0.1, -0.05) is 6.07 Å². The number of benzene rings is 2. The molecule has 4 rings (SSSR count). The van der Waals surface area contributed by atoms with Crippen LogP contribution in [0.1, 0.15) is 28.7 Å². The minimum atomic E-state index is -4.59. The number of alkyl halides is 3. The van der Waals surface area contributed by atoms with Crippen molar-refractivity contribution in [3.05, 3.63) is 64.8 Å². The number of aromatic nitrogens is 1. The number of hydrogen-bond acceptors (Lipinski definition) is 6. The number of methoxy groups -OCH3 is 2. The molecule has 2 aromatic carbocycles. The zero-order valence-electron chi connectivity index (χ0n) is 19.1. The molecule has 35 heavy (non-hydrogen) atoms. The van der Waals surface area contributed by atoms with Crippen LogP contribution < -0.4 is 0 Å². The standard InChI is InChI=1S/C24H22F3NO6S/c1-14-4-9-19-20-15(10-11-23(12-18(14)20,21(29)33-2)22(30)34-3)13-28(19)35(31,32)17-7-5-16(6-8-17)24(25,26)27/h4-9,13H,10-12H2,1-3H3. The van der Waals surface area contributed by atoms with Crippen LogP contribution in [0.5, 0.6) is 0 Å². The van der Waals surface area contributed by atoms with Gasteiger partial charge in [-0.05, 0) is 66.8 Å². The highest BCUT2D eigenvalue weighted by Gasteiger charge is 2.50. The maximum absolute atomic E-state index is 13.4. The van der Waals surface area contributed by atoms with Crippen LogP contribution >= 0.6 is 0 Å². The van der Waals surface area contributed by atoms with Crippen LogP contribution in [0.2, 0.25) is 0 Å². The fraction of sp³-hybridized carbons (Fsp3) is 0.333. The molecular formula is C24H22F3NO6S. The monoisotopic (exact) mass is 509 g/mol. The molecule has 0 bridgehead atoms. The van der Waals surface area contributed by atoms with Gasteiger partial charge in [0.25, 0.3) is 10.0 Å². The summed E-state index contributed by atoms with van der Waals surface area (Å²) < 4.78 is 76.5. The number of carbonyl (C=O) groups is 2. The molecule has 1 heterocycles. The van der Waals surface area contributed by atoms with Crippen LogP contribution in [-0.2, 0) is 48.1 Å². The minimum Gasteiger partial charge on any atom is -0.468 e. The summed E-state index contributed by atoms with van der Waals surface area (Å²) in [6, 6.07) is 6.56. The predicted octanol–water partition coefficient (Wildman–Crippen LogP) is 4.03. The van der Waals surface area contributed by atoms with E-state index < -0.39 is 39.1 Å². The molecule has 7 nitrogen and oxygen atoms in total. The van der Waals surface area contributed by atoms with Gasteiger partial charge in [0.1, 0.15) is 0 Å². The number of hydrogen-bond donors (Lipinski definition) is 0. The van der Waals surface area contributed by atoms with E-state index in [0.29, 0.717) is 22.0 Å². The zero-order chi connectivity index (χ0) is 25.8. The lowest BCUT2D eigenvalue weighted by atomic mass is 9.78. The first-order valence-corrected chi connectivity index (χ1v) is 12.0. The predicted molar refractivity (Wildman–Crippen MR) is 119 cm³/mol. The minimum absolute atomic E-state index is 0.0277. The summed E-state index contributed by atoms with van der Waals surface area (Å²) in [6.45, 7) is 1.78. The highest BCUT2D eigenvalue weighted by molar-refractivity contribution is 7.90. The molecule has 1 aliphatic carbocycles. The third kappa shape index (κ3) is 3.87. The molecule has 0 unspecified atom stereocenters. The van der Waals surface area contributed by atoms with Crippen molar-refractivity contribution in [1.29, 1.82) is 0 Å². The summed E-state index contributed by atoms with van der Waals surface area (Å²) in [5.74, 6) is -1.48. The topological polar surface area (TPSA) is 91.7 Å². The smallest absolute Gasteiger partial charge is 0.416 e. The van der Waals surface area contributed by atoms with E-state index in [1.54, 1.807) is 19.1 Å². The SMILES string of the molecule is COC(=O)C1(C(=O)OC)CCc2cn(S(=O)(=O)c3ccc(C(F)(F)F)cc3)c3ccc(C)c(c23)C1. The maximum Gasteiger partial charge on any atom is 0.416 e. The fourth-order valence-corrected chi connectivity index (χ4v) is 6.05. The van der Waals surface area contributed by atoms with Crippen molar-refractivity contribution in [2.45, 2.75) is 37.3 Å². The fourth-order valence-electron chi connectivity index (χ4n) is 4.66. The van der Waals surface area contributed by atoms with Crippen LogP contribution in [0.15, 0.2) is 47.5 Å². The van der Waals surface area contributed by atoms with E-state index in [2.05, 4.69) is 0 Å². The molecule has 0 saturated carbocycles. The molecule has 186 valence electrons. The van der Waals surface area contributed by atoms with Gasteiger partial charge in [0, 0.05) is 18.0 Å². The summed E-state index contributed by atoms with van der Waals surface area (Å²) in [5, 5.41) is 0.579. The van der Waals surface area contributed by atoms with Crippen molar-refractivity contribution in [2.24, 2.45) is 5.41 Å². The molecule has 0 fully saturated rings. The lowest BCUT2D eigenvalue weighted by molar-refractivity contribution is -0.169. The lowest BCUT2D eigenvalue weighted by Gasteiger charge is -2.27. The van der Waals surface area contributed by atoms with Gasteiger partial charge in [0.15, 0.2) is 5.41 Å². The summed E-state index contributed by atoms with van der Waals surface area (Å²) >= 11 is 0. The van der Waals surface area contributed by atoms with E-state index in [1.165, 1.54) is 20.4 Å². The Labute approximate surface area is 199 Å². The third-order valence-corrected chi connectivity index (χ3v) is 8.24. The van der Waals surface area contributed by atoms with Crippen LogP contribution in [0.3, 0.4) is 0 Å². The number of aryl methyl sites for hydroxylation is 2. The van der Waals surface area contributed by atoms with Crippen molar-refractivity contribution < 1.29 is 40.7 Å². The van der Waals surface area contributed by atoms with Crippen molar-refractivity contribution >= 4 is 32.9 Å². The van der Waals surface area contributed by atoms with E-state index in [9.17, 15) is 31.2 Å². The van der Waals surface area contributed by atoms with E-state index in [4.69, 9.17) is 9.47 Å². The van der Waals surface area contributed by atoms with Gasteiger partial charge in [0.2, 0.25) is 0 Å². The largest absolute Gasteiger partial charge is 0.468 e. The van der Waals surface area contributed by atoms with Crippen molar-refractivity contribution in [1.82, 2.24) is 3.97 Å². The number of halogens is 3. The molecule has 0 aliphatic heterocycles. The average molecular weight is 510 g/mol.